The molecule has 0 unspecified atom stereocenters. The Bertz CT molecular complexity index is 216. The minimum atomic E-state index is -0.865. The Labute approximate surface area is 78.7 Å². The number of hydrogen-bond acceptors (Lipinski definition) is 2. The number of nitrogens with zero attached hydrogens (tertiary/aromatic N) is 1. The average molecular weight is 186 g/mol. The highest BCUT2D eigenvalue weighted by atomic mass is 16.4. The van der Waals surface area contributed by atoms with Crippen LogP contribution >= 0.6 is 0 Å². The maximum Gasteiger partial charge on any atom is 0.408 e. The molecule has 1 saturated carbocycles. The van der Waals surface area contributed by atoms with Crippen LogP contribution in [0.5, 0.6) is 0 Å². The van der Waals surface area contributed by atoms with Crippen LogP contribution in [0.1, 0.15) is 33.6 Å². The van der Waals surface area contributed by atoms with Crippen LogP contribution in [0.15, 0.2) is 0 Å². The van der Waals surface area contributed by atoms with Gasteiger partial charge in [0.2, 0.25) is 0 Å². The number of carboxylic acid groups (broad SMARTS) is 1. The van der Waals surface area contributed by atoms with Gasteiger partial charge in [-0.2, -0.15) is 0 Å². The van der Waals surface area contributed by atoms with Gasteiger partial charge in [0.15, 0.2) is 0 Å². The Balaban J connectivity index is 2.87. The lowest BCUT2D eigenvalue weighted by atomic mass is 10.0. The topological polar surface area (TPSA) is 66.6 Å². The molecule has 0 spiro atoms. The molecule has 13 heavy (non-hydrogen) atoms. The molecular formula is C9H18N2O2. The molecule has 1 aliphatic carbocycles. The first-order chi connectivity index (χ1) is 5.83. The monoisotopic (exact) mass is 186 g/mol. The van der Waals surface area contributed by atoms with Gasteiger partial charge in [0.05, 0.1) is 5.54 Å². The number of nitrogens with two attached hydrogens (primary N) is 1. The molecule has 1 amide bonds. The molecule has 76 valence electrons. The van der Waals surface area contributed by atoms with E-state index in [9.17, 15) is 4.79 Å². The minimum absolute atomic E-state index is 0.274. The number of carbonyl (C=O) groups is 1. The Hall–Kier alpha value is -0.770. The summed E-state index contributed by atoms with van der Waals surface area (Å²) in [6, 6.07) is 0. The van der Waals surface area contributed by atoms with E-state index < -0.39 is 6.09 Å². The summed E-state index contributed by atoms with van der Waals surface area (Å²) in [6.07, 6.45) is 0.926. The predicted molar refractivity (Wildman–Crippen MR) is 50.6 cm³/mol. The Morgan fingerprint density at radius 3 is 2.08 bits per heavy atom. The van der Waals surface area contributed by atoms with Crippen LogP contribution in [-0.4, -0.2) is 33.7 Å². The van der Waals surface area contributed by atoms with Crippen molar-refractivity contribution in [1.29, 1.82) is 0 Å². The molecule has 0 aromatic carbocycles. The molecule has 0 radical (unpaired) electrons. The zero-order chi connectivity index (χ0) is 10.3. The third-order valence-corrected chi connectivity index (χ3v) is 2.54. The van der Waals surface area contributed by atoms with E-state index in [2.05, 4.69) is 0 Å². The Kier molecular flexibility index (Phi) is 2.28. The van der Waals surface area contributed by atoms with Crippen molar-refractivity contribution in [2.24, 2.45) is 5.73 Å². The molecule has 4 nitrogen and oxygen atoms in total. The van der Waals surface area contributed by atoms with E-state index in [0.29, 0.717) is 6.54 Å². The molecule has 0 aromatic heterocycles. The van der Waals surface area contributed by atoms with Crippen LogP contribution in [0.4, 0.5) is 4.79 Å². The second-order valence-electron chi connectivity index (χ2n) is 4.72. The maximum atomic E-state index is 11.1. The summed E-state index contributed by atoms with van der Waals surface area (Å²) >= 11 is 0. The fraction of sp³-hybridized carbons (Fsp3) is 0.889. The smallest absolute Gasteiger partial charge is 0.408 e. The van der Waals surface area contributed by atoms with Gasteiger partial charge in [0, 0.05) is 12.1 Å². The van der Waals surface area contributed by atoms with Gasteiger partial charge in [-0.3, -0.25) is 4.90 Å². The molecule has 1 fully saturated rings. The lowest BCUT2D eigenvalue weighted by Gasteiger charge is -2.39. The van der Waals surface area contributed by atoms with Crippen molar-refractivity contribution < 1.29 is 9.90 Å². The van der Waals surface area contributed by atoms with Crippen LogP contribution in [0.2, 0.25) is 0 Å². The molecule has 0 heterocycles. The van der Waals surface area contributed by atoms with Crippen molar-refractivity contribution in [3.63, 3.8) is 0 Å². The molecule has 0 aliphatic heterocycles. The number of hydrogen-bond donors (Lipinski definition) is 2. The van der Waals surface area contributed by atoms with Crippen LogP contribution in [0, 0.1) is 0 Å². The standard InChI is InChI=1S/C9H18N2O2/c1-8(2,3)11(7(12)13)9(6-10)4-5-9/h4-6,10H2,1-3H3,(H,12,13). The van der Waals surface area contributed by atoms with Crippen molar-refractivity contribution in [2.45, 2.75) is 44.7 Å². The first kappa shape index (κ1) is 10.3. The van der Waals surface area contributed by atoms with Gasteiger partial charge in [-0.05, 0) is 33.6 Å². The highest BCUT2D eigenvalue weighted by Crippen LogP contribution is 2.44. The molecule has 1 aliphatic rings. The van der Waals surface area contributed by atoms with E-state index in [1.165, 1.54) is 4.90 Å². The fourth-order valence-corrected chi connectivity index (χ4v) is 1.86. The molecule has 1 rings (SSSR count). The van der Waals surface area contributed by atoms with Crippen LogP contribution < -0.4 is 5.73 Å². The molecule has 0 aromatic rings. The van der Waals surface area contributed by atoms with Gasteiger partial charge < -0.3 is 10.8 Å². The summed E-state index contributed by atoms with van der Waals surface area (Å²) in [5.74, 6) is 0. The first-order valence-corrected chi connectivity index (χ1v) is 4.57. The molecule has 4 heteroatoms. The summed E-state index contributed by atoms with van der Waals surface area (Å²) in [6.45, 7) is 6.13. The van der Waals surface area contributed by atoms with E-state index in [1.54, 1.807) is 0 Å². The van der Waals surface area contributed by atoms with Crippen molar-refractivity contribution >= 4 is 6.09 Å². The van der Waals surface area contributed by atoms with Gasteiger partial charge in [0.25, 0.3) is 0 Å². The fourth-order valence-electron chi connectivity index (χ4n) is 1.86. The van der Waals surface area contributed by atoms with Crippen LogP contribution in [-0.2, 0) is 0 Å². The SMILES string of the molecule is CC(C)(C)N(C(=O)O)C1(CN)CC1. The predicted octanol–water partition coefficient (Wildman–Crippen LogP) is 1.26. The van der Waals surface area contributed by atoms with Crippen molar-refractivity contribution in [3.8, 4) is 0 Å². The van der Waals surface area contributed by atoms with Crippen molar-refractivity contribution in [1.82, 2.24) is 4.90 Å². The summed E-state index contributed by atoms with van der Waals surface area (Å²) in [5, 5.41) is 9.09. The quantitative estimate of drug-likeness (QED) is 0.682. The van der Waals surface area contributed by atoms with Gasteiger partial charge in [-0.15, -0.1) is 0 Å². The Morgan fingerprint density at radius 2 is 2.00 bits per heavy atom. The molecule has 0 bridgehead atoms. The molecular weight excluding hydrogens is 168 g/mol. The van der Waals surface area contributed by atoms with Gasteiger partial charge >= 0.3 is 6.09 Å². The zero-order valence-corrected chi connectivity index (χ0v) is 8.50. The minimum Gasteiger partial charge on any atom is -0.465 e. The largest absolute Gasteiger partial charge is 0.465 e. The highest BCUT2D eigenvalue weighted by Gasteiger charge is 2.53. The van der Waals surface area contributed by atoms with E-state index in [-0.39, 0.29) is 11.1 Å². The van der Waals surface area contributed by atoms with Crippen molar-refractivity contribution in [2.75, 3.05) is 6.54 Å². The van der Waals surface area contributed by atoms with Gasteiger partial charge in [-0.25, -0.2) is 4.79 Å². The lowest BCUT2D eigenvalue weighted by molar-refractivity contribution is 0.0635. The summed E-state index contributed by atoms with van der Waals surface area (Å²) in [5.41, 5.74) is 4.97. The summed E-state index contributed by atoms with van der Waals surface area (Å²) < 4.78 is 0. The van der Waals surface area contributed by atoms with E-state index >= 15 is 0 Å². The molecule has 3 N–H and O–H groups in total. The lowest BCUT2D eigenvalue weighted by Crippen LogP contribution is -2.55. The first-order valence-electron chi connectivity index (χ1n) is 4.57. The summed E-state index contributed by atoms with van der Waals surface area (Å²) in [7, 11) is 0. The average Bonchev–Trinajstić information content (AvgIpc) is 2.65. The Morgan fingerprint density at radius 1 is 1.54 bits per heavy atom. The number of amides is 1. The van der Waals surface area contributed by atoms with Crippen molar-refractivity contribution in [3.05, 3.63) is 0 Å². The van der Waals surface area contributed by atoms with E-state index in [0.717, 1.165) is 12.8 Å². The zero-order valence-electron chi connectivity index (χ0n) is 8.50. The van der Waals surface area contributed by atoms with E-state index in [4.69, 9.17) is 10.8 Å². The van der Waals surface area contributed by atoms with Gasteiger partial charge in [-0.1, -0.05) is 0 Å². The normalized spacial score (nSPS) is 19.7. The summed E-state index contributed by atoms with van der Waals surface area (Å²) in [4.78, 5) is 12.6. The maximum absolute atomic E-state index is 11.1. The van der Waals surface area contributed by atoms with Gasteiger partial charge in [0.1, 0.15) is 0 Å². The van der Waals surface area contributed by atoms with E-state index in [1.807, 2.05) is 20.8 Å². The molecule has 0 saturated heterocycles. The number of rotatable bonds is 2. The molecule has 0 atom stereocenters. The van der Waals surface area contributed by atoms with Crippen LogP contribution in [0.25, 0.3) is 0 Å². The van der Waals surface area contributed by atoms with Crippen LogP contribution in [0.3, 0.4) is 0 Å². The third-order valence-electron chi connectivity index (χ3n) is 2.54. The second-order valence-corrected chi connectivity index (χ2v) is 4.72. The second kappa shape index (κ2) is 2.87. The third kappa shape index (κ3) is 1.77. The highest BCUT2D eigenvalue weighted by molar-refractivity contribution is 5.68.